The minimum atomic E-state index is -1.26. The molecule has 0 fully saturated rings. The van der Waals surface area contributed by atoms with Gasteiger partial charge in [-0.05, 0) is 0 Å². The Kier molecular flexibility index (Phi) is 4.97. The fourth-order valence-electron chi connectivity index (χ4n) is 0.699. The van der Waals surface area contributed by atoms with Gasteiger partial charge in [0.15, 0.2) is 6.04 Å². The van der Waals surface area contributed by atoms with Gasteiger partial charge in [0, 0.05) is 13.0 Å². The first-order chi connectivity index (χ1) is 5.99. The molecule has 0 aromatic carbocycles. The highest BCUT2D eigenvalue weighted by atomic mass is 16.4. The number of carbonyl (C=O) groups excluding carboxylic acids is 1. The van der Waals surface area contributed by atoms with Gasteiger partial charge in [-0.15, -0.1) is 0 Å². The molecule has 0 aliphatic carbocycles. The molecule has 76 valence electrons. The normalized spacial score (nSPS) is 12.6. The molecule has 13 heavy (non-hydrogen) atoms. The molecule has 0 aliphatic rings. The van der Waals surface area contributed by atoms with E-state index >= 15 is 0 Å². The Morgan fingerprint density at radius 2 is 1.92 bits per heavy atom. The number of carbonyl (C=O) groups is 2. The summed E-state index contributed by atoms with van der Waals surface area (Å²) in [6.45, 7) is 0.151. The third-order valence-corrected chi connectivity index (χ3v) is 1.34. The molecule has 7 heteroatoms. The van der Waals surface area contributed by atoms with Gasteiger partial charge in [0.1, 0.15) is 0 Å². The monoisotopic (exact) mass is 190 g/mol. The van der Waals surface area contributed by atoms with E-state index in [4.69, 9.17) is 22.3 Å². The molecule has 0 aromatic rings. The maximum Gasteiger partial charge on any atom is 0.329 e. The van der Waals surface area contributed by atoms with Crippen molar-refractivity contribution in [1.29, 1.82) is 0 Å². The number of carboxylic acids is 1. The summed E-state index contributed by atoms with van der Waals surface area (Å²) in [5, 5.41) is 10.7. The van der Waals surface area contributed by atoms with Crippen LogP contribution in [0.4, 0.5) is 0 Å². The van der Waals surface area contributed by atoms with Crippen molar-refractivity contribution < 1.29 is 14.7 Å². The Morgan fingerprint density at radius 1 is 1.38 bits per heavy atom. The van der Waals surface area contributed by atoms with E-state index in [1.165, 1.54) is 0 Å². The van der Waals surface area contributed by atoms with E-state index in [2.05, 4.69) is 5.32 Å². The highest BCUT2D eigenvalue weighted by Gasteiger charge is 2.23. The first kappa shape index (κ1) is 11.8. The van der Waals surface area contributed by atoms with Gasteiger partial charge in [-0.25, -0.2) is 4.79 Å². The molecule has 0 heterocycles. The lowest BCUT2D eigenvalue weighted by Gasteiger charge is -2.17. The molecule has 0 radical (unpaired) electrons. The molecular weight excluding hydrogens is 176 g/mol. The summed E-state index contributed by atoms with van der Waals surface area (Å²) in [6, 6.07) is -1.26. The van der Waals surface area contributed by atoms with Gasteiger partial charge in [0.05, 0.1) is 6.17 Å². The fraction of sp³-hybridized carbons (Fsp3) is 0.667. The molecular formula is C6H14N4O3. The topological polar surface area (TPSA) is 144 Å². The van der Waals surface area contributed by atoms with Crippen LogP contribution in [-0.2, 0) is 9.59 Å². The number of aliphatic carboxylic acids is 1. The first-order valence-corrected chi connectivity index (χ1v) is 3.72. The molecule has 0 unspecified atom stereocenters. The summed E-state index contributed by atoms with van der Waals surface area (Å²) >= 11 is 0. The average Bonchev–Trinajstić information content (AvgIpc) is 1.99. The zero-order valence-electron chi connectivity index (χ0n) is 7.06. The van der Waals surface area contributed by atoms with Crippen LogP contribution in [0.5, 0.6) is 0 Å². The summed E-state index contributed by atoms with van der Waals surface area (Å²) in [5.74, 6) is -1.74. The molecule has 7 nitrogen and oxygen atoms in total. The lowest BCUT2D eigenvalue weighted by Crippen LogP contribution is -2.56. The van der Waals surface area contributed by atoms with Gasteiger partial charge in [0.2, 0.25) is 5.91 Å². The Labute approximate surface area is 75.3 Å². The number of nitrogens with two attached hydrogens (primary N) is 3. The quantitative estimate of drug-likeness (QED) is 0.295. The Hall–Kier alpha value is -1.18. The second-order valence-corrected chi connectivity index (χ2v) is 2.50. The minimum Gasteiger partial charge on any atom is -0.480 e. The van der Waals surface area contributed by atoms with Crippen LogP contribution in [0.1, 0.15) is 6.42 Å². The van der Waals surface area contributed by atoms with Crippen molar-refractivity contribution in [3.8, 4) is 0 Å². The van der Waals surface area contributed by atoms with Crippen molar-refractivity contribution in [2.75, 3.05) is 6.54 Å². The Bertz CT molecular complexity index is 194. The fourth-order valence-corrected chi connectivity index (χ4v) is 0.699. The zero-order chi connectivity index (χ0) is 10.4. The predicted octanol–water partition coefficient (Wildman–Crippen LogP) is -2.85. The van der Waals surface area contributed by atoms with E-state index < -0.39 is 24.1 Å². The molecule has 0 rings (SSSR count). The first-order valence-electron chi connectivity index (χ1n) is 3.72. The molecule has 0 aliphatic heterocycles. The number of hydrogen-bond donors (Lipinski definition) is 5. The number of hydrogen-bond acceptors (Lipinski definition) is 5. The smallest absolute Gasteiger partial charge is 0.329 e. The van der Waals surface area contributed by atoms with Crippen LogP contribution in [0.15, 0.2) is 0 Å². The Morgan fingerprint density at radius 3 is 2.23 bits per heavy atom. The van der Waals surface area contributed by atoms with Crippen molar-refractivity contribution in [3.05, 3.63) is 0 Å². The van der Waals surface area contributed by atoms with Crippen molar-refractivity contribution in [2.45, 2.75) is 18.6 Å². The van der Waals surface area contributed by atoms with Crippen molar-refractivity contribution in [3.63, 3.8) is 0 Å². The number of carboxylic acid groups (broad SMARTS) is 1. The van der Waals surface area contributed by atoms with E-state index in [1.54, 1.807) is 0 Å². The van der Waals surface area contributed by atoms with Crippen molar-refractivity contribution in [2.24, 2.45) is 17.2 Å². The standard InChI is InChI=1S/C6H14N4O3/c7-2-1-3(11)10-4(5(8)9)6(12)13/h4-5H,1-2,7-9H2,(H,10,11)(H,12,13)/t4-/m1/s1. The van der Waals surface area contributed by atoms with Crippen molar-refractivity contribution >= 4 is 11.9 Å². The summed E-state index contributed by atoms with van der Waals surface area (Å²) in [5.41, 5.74) is 15.4. The minimum absolute atomic E-state index is 0.0521. The third kappa shape index (κ3) is 4.41. The summed E-state index contributed by atoms with van der Waals surface area (Å²) < 4.78 is 0. The van der Waals surface area contributed by atoms with Crippen LogP contribution in [0, 0.1) is 0 Å². The highest BCUT2D eigenvalue weighted by molar-refractivity contribution is 5.84. The van der Waals surface area contributed by atoms with Gasteiger partial charge in [-0.3, -0.25) is 4.79 Å². The van der Waals surface area contributed by atoms with Crippen LogP contribution in [0.25, 0.3) is 0 Å². The second kappa shape index (κ2) is 5.46. The molecule has 0 bridgehead atoms. The maximum atomic E-state index is 10.9. The number of rotatable bonds is 5. The molecule has 0 spiro atoms. The zero-order valence-corrected chi connectivity index (χ0v) is 7.06. The second-order valence-electron chi connectivity index (χ2n) is 2.50. The number of nitrogens with one attached hydrogen (secondary N) is 1. The predicted molar refractivity (Wildman–Crippen MR) is 45.4 cm³/mol. The van der Waals surface area contributed by atoms with E-state index in [0.29, 0.717) is 0 Å². The lowest BCUT2D eigenvalue weighted by molar-refractivity contribution is -0.142. The van der Waals surface area contributed by atoms with Crippen LogP contribution < -0.4 is 22.5 Å². The van der Waals surface area contributed by atoms with Crippen LogP contribution in [0.2, 0.25) is 0 Å². The van der Waals surface area contributed by atoms with Gasteiger partial charge in [0.25, 0.3) is 0 Å². The van der Waals surface area contributed by atoms with Crippen LogP contribution in [-0.4, -0.2) is 35.7 Å². The largest absolute Gasteiger partial charge is 0.480 e. The van der Waals surface area contributed by atoms with Crippen molar-refractivity contribution in [1.82, 2.24) is 5.32 Å². The van der Waals surface area contributed by atoms with Gasteiger partial charge in [-0.2, -0.15) is 0 Å². The molecule has 8 N–H and O–H groups in total. The lowest BCUT2D eigenvalue weighted by atomic mass is 10.2. The van der Waals surface area contributed by atoms with Gasteiger partial charge in [-0.1, -0.05) is 0 Å². The molecule has 1 amide bonds. The summed E-state index contributed by atoms with van der Waals surface area (Å²) in [7, 11) is 0. The molecule has 0 aromatic heterocycles. The van der Waals surface area contributed by atoms with E-state index in [9.17, 15) is 9.59 Å². The average molecular weight is 190 g/mol. The SMILES string of the molecule is NCCC(=O)N[C@@H](C(=O)O)C(N)N. The summed E-state index contributed by atoms with van der Waals surface area (Å²) in [4.78, 5) is 21.4. The highest BCUT2D eigenvalue weighted by Crippen LogP contribution is 1.87. The third-order valence-electron chi connectivity index (χ3n) is 1.34. The van der Waals surface area contributed by atoms with Gasteiger partial charge < -0.3 is 27.6 Å². The maximum absolute atomic E-state index is 10.9. The number of amides is 1. The van der Waals surface area contributed by atoms with E-state index in [-0.39, 0.29) is 13.0 Å². The van der Waals surface area contributed by atoms with E-state index in [1.807, 2.05) is 0 Å². The molecule has 1 atom stereocenters. The molecule has 0 saturated carbocycles. The van der Waals surface area contributed by atoms with Gasteiger partial charge >= 0.3 is 5.97 Å². The summed E-state index contributed by atoms with van der Waals surface area (Å²) in [6.07, 6.45) is -1.07. The van der Waals surface area contributed by atoms with Crippen LogP contribution in [0.3, 0.4) is 0 Å². The van der Waals surface area contributed by atoms with E-state index in [0.717, 1.165) is 0 Å². The van der Waals surface area contributed by atoms with Crippen LogP contribution >= 0.6 is 0 Å². The molecule has 0 saturated heterocycles. The Balaban J connectivity index is 4.10.